The average Bonchev–Trinajstić information content (AvgIpc) is 2.84. The number of ether oxygens (including phenoxy) is 1. The van der Waals surface area contributed by atoms with Crippen LogP contribution in [-0.4, -0.2) is 58.5 Å². The predicted molar refractivity (Wildman–Crippen MR) is 135 cm³/mol. The van der Waals surface area contributed by atoms with Crippen LogP contribution in [0, 0.1) is 10.1 Å². The van der Waals surface area contributed by atoms with E-state index in [1.165, 1.54) is 55.2 Å². The first-order valence-corrected chi connectivity index (χ1v) is 12.5. The molecular formula is C24H34N4O6S. The zero-order valence-corrected chi connectivity index (χ0v) is 20.9. The molecular weight excluding hydrogens is 472 g/mol. The van der Waals surface area contributed by atoms with Gasteiger partial charge in [0, 0.05) is 30.8 Å². The van der Waals surface area contributed by atoms with Crippen LogP contribution in [0.1, 0.15) is 75.1 Å². The summed E-state index contributed by atoms with van der Waals surface area (Å²) in [6, 6.07) is 4.33. The lowest BCUT2D eigenvalue weighted by Crippen LogP contribution is -2.60. The average molecular weight is 507 g/mol. The molecule has 0 saturated carbocycles. The summed E-state index contributed by atoms with van der Waals surface area (Å²) in [5.74, 6) is -1.53. The number of amides is 2. The van der Waals surface area contributed by atoms with Crippen LogP contribution in [0.4, 0.5) is 5.69 Å². The number of nitro benzene ring substituents is 1. The maximum Gasteiger partial charge on any atom is 0.308 e. The molecule has 0 aliphatic carbocycles. The molecule has 0 bridgehead atoms. The van der Waals surface area contributed by atoms with Crippen LogP contribution in [0.25, 0.3) is 0 Å². The van der Waals surface area contributed by atoms with Gasteiger partial charge in [0.15, 0.2) is 5.11 Å². The van der Waals surface area contributed by atoms with E-state index in [9.17, 15) is 24.5 Å². The molecule has 1 aliphatic rings. The van der Waals surface area contributed by atoms with Crippen LogP contribution in [-0.2, 0) is 14.3 Å². The molecule has 1 atom stereocenters. The van der Waals surface area contributed by atoms with E-state index in [0.717, 1.165) is 25.3 Å². The number of nitrogens with zero attached hydrogens (tertiary/aromatic N) is 2. The second kappa shape index (κ2) is 15.0. The number of nitro groups is 1. The van der Waals surface area contributed by atoms with Crippen molar-refractivity contribution >= 4 is 40.8 Å². The summed E-state index contributed by atoms with van der Waals surface area (Å²) in [6.45, 7) is 3.09. The van der Waals surface area contributed by atoms with Crippen molar-refractivity contribution in [2.75, 3.05) is 19.7 Å². The van der Waals surface area contributed by atoms with Crippen molar-refractivity contribution in [1.82, 2.24) is 15.5 Å². The van der Waals surface area contributed by atoms with Crippen molar-refractivity contribution in [3.63, 3.8) is 0 Å². The highest BCUT2D eigenvalue weighted by Crippen LogP contribution is 2.15. The molecule has 0 radical (unpaired) electrons. The van der Waals surface area contributed by atoms with E-state index < -0.39 is 22.8 Å². The molecule has 192 valence electrons. The molecule has 1 heterocycles. The second-order valence-electron chi connectivity index (χ2n) is 8.47. The fourth-order valence-electron chi connectivity index (χ4n) is 3.80. The Hall–Kier alpha value is -3.08. The molecule has 2 N–H and O–H groups in total. The quantitative estimate of drug-likeness (QED) is 0.137. The number of non-ortho nitro benzene ring substituents is 1. The highest BCUT2D eigenvalue weighted by atomic mass is 32.1. The summed E-state index contributed by atoms with van der Waals surface area (Å²) in [5.41, 5.74) is -0.164. The van der Waals surface area contributed by atoms with E-state index in [1.54, 1.807) is 0 Å². The Balaban J connectivity index is 1.82. The van der Waals surface area contributed by atoms with Crippen molar-refractivity contribution < 1.29 is 24.0 Å². The van der Waals surface area contributed by atoms with Gasteiger partial charge >= 0.3 is 5.97 Å². The molecule has 2 rings (SSSR count). The van der Waals surface area contributed by atoms with Gasteiger partial charge in [-0.05, 0) is 24.7 Å². The lowest BCUT2D eigenvalue weighted by Gasteiger charge is -2.36. The number of unbranched alkanes of at least 4 members (excludes halogenated alkanes) is 7. The molecule has 1 aromatic carbocycles. The third-order valence-electron chi connectivity index (χ3n) is 5.75. The summed E-state index contributed by atoms with van der Waals surface area (Å²) in [5, 5.41) is 16.1. The minimum atomic E-state index is -0.910. The van der Waals surface area contributed by atoms with Crippen molar-refractivity contribution in [3.8, 4) is 0 Å². The fourth-order valence-corrected chi connectivity index (χ4v) is 4.11. The van der Waals surface area contributed by atoms with Crippen molar-refractivity contribution in [3.05, 3.63) is 39.9 Å². The Bertz CT molecular complexity index is 910. The predicted octanol–water partition coefficient (Wildman–Crippen LogP) is 3.48. The van der Waals surface area contributed by atoms with Crippen LogP contribution in [0.2, 0.25) is 0 Å². The molecule has 11 heteroatoms. The Kier molecular flexibility index (Phi) is 12.1. The van der Waals surface area contributed by atoms with Crippen LogP contribution in [0.5, 0.6) is 0 Å². The fraction of sp³-hybridized carbons (Fsp3) is 0.583. The summed E-state index contributed by atoms with van der Waals surface area (Å²) >= 11 is 5.32. The summed E-state index contributed by atoms with van der Waals surface area (Å²) in [4.78, 5) is 49.2. The number of thiocarbonyl (C=S) groups is 1. The van der Waals surface area contributed by atoms with E-state index in [4.69, 9.17) is 17.0 Å². The molecule has 1 fully saturated rings. The van der Waals surface area contributed by atoms with Crippen LogP contribution in [0.15, 0.2) is 24.3 Å². The van der Waals surface area contributed by atoms with Gasteiger partial charge in [0.05, 0.1) is 18.0 Å². The Morgan fingerprint density at radius 2 is 1.89 bits per heavy atom. The number of benzene rings is 1. The number of carbonyl (C=O) groups excluding carboxylic acids is 3. The summed E-state index contributed by atoms with van der Waals surface area (Å²) in [7, 11) is 0. The van der Waals surface area contributed by atoms with Gasteiger partial charge in [-0.15, -0.1) is 0 Å². The maximum atomic E-state index is 12.5. The largest absolute Gasteiger partial charge is 0.466 e. The Morgan fingerprint density at radius 3 is 2.57 bits per heavy atom. The SMILES string of the molecule is CCCCCCCCCCOC(=O)CC1C(=O)NCCN1C(=S)NC(=O)c1cccc([N+](=O)[O-])c1. The van der Waals surface area contributed by atoms with Gasteiger partial charge in [-0.3, -0.25) is 29.8 Å². The van der Waals surface area contributed by atoms with Crippen molar-refractivity contribution in [2.45, 2.75) is 70.8 Å². The zero-order chi connectivity index (χ0) is 25.6. The molecule has 2 amide bonds. The lowest BCUT2D eigenvalue weighted by molar-refractivity contribution is -0.384. The summed E-state index contributed by atoms with van der Waals surface area (Å²) < 4.78 is 5.31. The monoisotopic (exact) mass is 506 g/mol. The van der Waals surface area contributed by atoms with Gasteiger partial charge in [0.25, 0.3) is 11.6 Å². The molecule has 1 aromatic rings. The highest BCUT2D eigenvalue weighted by molar-refractivity contribution is 7.80. The molecule has 1 aliphatic heterocycles. The first kappa shape index (κ1) is 28.2. The molecule has 1 unspecified atom stereocenters. The molecule has 10 nitrogen and oxygen atoms in total. The number of rotatable bonds is 13. The molecule has 0 spiro atoms. The van der Waals surface area contributed by atoms with Crippen LogP contribution >= 0.6 is 12.2 Å². The molecule has 0 aromatic heterocycles. The molecule has 1 saturated heterocycles. The van der Waals surface area contributed by atoms with Gasteiger partial charge in [-0.25, -0.2) is 0 Å². The standard InChI is InChI=1S/C24H34N4O6S/c1-2-3-4-5-6-7-8-9-15-34-21(29)17-20-23(31)25-13-14-27(20)24(35)26-22(30)18-11-10-12-19(16-18)28(32)33/h10-12,16,20H,2-9,13-15,17H2,1H3,(H,25,31)(H,26,30,35). The van der Waals surface area contributed by atoms with Gasteiger partial charge in [-0.1, -0.05) is 57.9 Å². The van der Waals surface area contributed by atoms with Gasteiger partial charge < -0.3 is 15.0 Å². The van der Waals surface area contributed by atoms with E-state index >= 15 is 0 Å². The lowest BCUT2D eigenvalue weighted by atomic mass is 10.1. The van der Waals surface area contributed by atoms with Gasteiger partial charge in [0.2, 0.25) is 5.91 Å². The van der Waals surface area contributed by atoms with Crippen molar-refractivity contribution in [2.24, 2.45) is 0 Å². The van der Waals surface area contributed by atoms with E-state index in [2.05, 4.69) is 17.6 Å². The Labute approximate surface area is 210 Å². The van der Waals surface area contributed by atoms with Crippen LogP contribution < -0.4 is 10.6 Å². The summed E-state index contributed by atoms with van der Waals surface area (Å²) in [6.07, 6.45) is 8.85. The topological polar surface area (TPSA) is 131 Å². The number of hydrogen-bond acceptors (Lipinski definition) is 7. The highest BCUT2D eigenvalue weighted by Gasteiger charge is 2.34. The number of hydrogen-bond donors (Lipinski definition) is 2. The van der Waals surface area contributed by atoms with Crippen molar-refractivity contribution in [1.29, 1.82) is 0 Å². The van der Waals surface area contributed by atoms with Gasteiger partial charge in [-0.2, -0.15) is 0 Å². The number of nitrogens with one attached hydrogen (secondary N) is 2. The number of piperazine rings is 1. The smallest absolute Gasteiger partial charge is 0.308 e. The number of esters is 1. The minimum Gasteiger partial charge on any atom is -0.466 e. The molecule has 35 heavy (non-hydrogen) atoms. The van der Waals surface area contributed by atoms with E-state index in [1.807, 2.05) is 0 Å². The first-order valence-electron chi connectivity index (χ1n) is 12.1. The van der Waals surface area contributed by atoms with E-state index in [-0.39, 0.29) is 28.7 Å². The Morgan fingerprint density at radius 1 is 1.20 bits per heavy atom. The normalized spacial score (nSPS) is 15.3. The first-order chi connectivity index (χ1) is 16.8. The van der Waals surface area contributed by atoms with Gasteiger partial charge in [0.1, 0.15) is 6.04 Å². The second-order valence-corrected chi connectivity index (χ2v) is 8.85. The van der Waals surface area contributed by atoms with E-state index in [0.29, 0.717) is 19.7 Å². The van der Waals surface area contributed by atoms with Crippen LogP contribution in [0.3, 0.4) is 0 Å². The minimum absolute atomic E-state index is 0.0303. The maximum absolute atomic E-state index is 12.5. The number of carbonyl (C=O) groups is 3. The third-order valence-corrected chi connectivity index (χ3v) is 6.09. The zero-order valence-electron chi connectivity index (χ0n) is 20.1. The third kappa shape index (κ3) is 9.59.